The Labute approximate surface area is 173 Å². The normalized spacial score (nSPS) is 12.6. The summed E-state index contributed by atoms with van der Waals surface area (Å²) in [5.74, 6) is 1.67. The van der Waals surface area contributed by atoms with Gasteiger partial charge >= 0.3 is 0 Å². The minimum Gasteiger partial charge on any atom is -0.491 e. The molecule has 0 saturated heterocycles. The summed E-state index contributed by atoms with van der Waals surface area (Å²) in [5, 5.41) is 3.12. The lowest BCUT2D eigenvalue weighted by Gasteiger charge is -2.22. The highest BCUT2D eigenvalue weighted by Crippen LogP contribution is 2.29. The molecule has 0 aromatic heterocycles. The van der Waals surface area contributed by atoms with E-state index in [0.717, 1.165) is 38.3 Å². The molecule has 28 heavy (non-hydrogen) atoms. The van der Waals surface area contributed by atoms with Crippen LogP contribution < -0.4 is 10.1 Å². The molecule has 1 aromatic carbocycles. The Morgan fingerprint density at radius 1 is 1.00 bits per heavy atom. The predicted molar refractivity (Wildman–Crippen MR) is 119 cm³/mol. The highest BCUT2D eigenvalue weighted by Gasteiger charge is 2.19. The molecule has 4 nitrogen and oxygen atoms in total. The topological polar surface area (TPSA) is 41.6 Å². The zero-order valence-corrected chi connectivity index (χ0v) is 19.0. The fourth-order valence-electron chi connectivity index (χ4n) is 3.57. The van der Waals surface area contributed by atoms with Crippen molar-refractivity contribution in [2.24, 2.45) is 5.92 Å². The van der Waals surface area contributed by atoms with Crippen LogP contribution in [0.5, 0.6) is 5.75 Å². The molecule has 0 aliphatic rings. The van der Waals surface area contributed by atoms with Crippen LogP contribution in [-0.2, 0) is 4.79 Å². The minimum absolute atomic E-state index is 0.152. The summed E-state index contributed by atoms with van der Waals surface area (Å²) in [6.45, 7) is 17.0. The van der Waals surface area contributed by atoms with Crippen molar-refractivity contribution in [2.75, 3.05) is 26.2 Å². The van der Waals surface area contributed by atoms with Crippen LogP contribution in [0.2, 0.25) is 0 Å². The monoisotopic (exact) mass is 390 g/mol. The van der Waals surface area contributed by atoms with Crippen LogP contribution in [0.3, 0.4) is 0 Å². The zero-order valence-electron chi connectivity index (χ0n) is 19.0. The smallest absolute Gasteiger partial charge is 0.220 e. The van der Waals surface area contributed by atoms with Crippen molar-refractivity contribution in [1.29, 1.82) is 0 Å². The highest BCUT2D eigenvalue weighted by molar-refractivity contribution is 5.76. The first-order valence-corrected chi connectivity index (χ1v) is 11.1. The van der Waals surface area contributed by atoms with E-state index in [1.54, 1.807) is 0 Å². The SMILES string of the molecule is CCCN(CCC)CCCNC(=O)C[C@@H](c1ccc(OC(C)C)cc1)C(C)C. The van der Waals surface area contributed by atoms with Gasteiger partial charge in [-0.3, -0.25) is 4.79 Å². The van der Waals surface area contributed by atoms with E-state index in [1.807, 2.05) is 26.0 Å². The molecule has 0 saturated carbocycles. The van der Waals surface area contributed by atoms with E-state index in [9.17, 15) is 4.79 Å². The predicted octanol–water partition coefficient (Wildman–Crippen LogP) is 5.23. The molecule has 1 amide bonds. The van der Waals surface area contributed by atoms with Gasteiger partial charge in [-0.1, -0.05) is 39.8 Å². The lowest BCUT2D eigenvalue weighted by molar-refractivity contribution is -0.121. The van der Waals surface area contributed by atoms with E-state index in [0.29, 0.717) is 12.3 Å². The van der Waals surface area contributed by atoms with Crippen molar-refractivity contribution >= 4 is 5.91 Å². The number of nitrogens with zero attached hydrogens (tertiary/aromatic N) is 1. The molecule has 0 bridgehead atoms. The first-order valence-electron chi connectivity index (χ1n) is 11.1. The molecular formula is C24H42N2O2. The molecule has 4 heteroatoms. The Balaban J connectivity index is 2.49. The van der Waals surface area contributed by atoms with Crippen LogP contribution in [0.1, 0.15) is 78.7 Å². The van der Waals surface area contributed by atoms with Crippen LogP contribution in [-0.4, -0.2) is 43.1 Å². The fourth-order valence-corrected chi connectivity index (χ4v) is 3.57. The standard InChI is InChI=1S/C24H42N2O2/c1-7-15-26(16-8-2)17-9-14-25-24(27)18-23(19(3)4)21-10-12-22(13-11-21)28-20(5)6/h10-13,19-20,23H,7-9,14-18H2,1-6H3,(H,25,27)/t23-/m1/s1. The van der Waals surface area contributed by atoms with E-state index in [-0.39, 0.29) is 17.9 Å². The zero-order chi connectivity index (χ0) is 20.9. The number of carbonyl (C=O) groups excluding carboxylic acids is 1. The molecule has 0 fully saturated rings. The number of nitrogens with one attached hydrogen (secondary N) is 1. The van der Waals surface area contributed by atoms with Crippen molar-refractivity contribution in [3.05, 3.63) is 29.8 Å². The molecule has 0 heterocycles. The van der Waals surface area contributed by atoms with E-state index >= 15 is 0 Å². The van der Waals surface area contributed by atoms with Gasteiger partial charge in [0.05, 0.1) is 6.10 Å². The molecule has 1 N–H and O–H groups in total. The van der Waals surface area contributed by atoms with E-state index in [2.05, 4.69) is 50.0 Å². The summed E-state index contributed by atoms with van der Waals surface area (Å²) in [6, 6.07) is 8.23. The number of amides is 1. The molecule has 1 rings (SSSR count). The largest absolute Gasteiger partial charge is 0.491 e. The Hall–Kier alpha value is -1.55. The maximum Gasteiger partial charge on any atom is 0.220 e. The second-order valence-corrected chi connectivity index (χ2v) is 8.34. The third kappa shape index (κ3) is 9.59. The average Bonchev–Trinajstić information content (AvgIpc) is 2.63. The van der Waals surface area contributed by atoms with Crippen molar-refractivity contribution in [2.45, 2.75) is 79.2 Å². The van der Waals surface area contributed by atoms with E-state index in [1.165, 1.54) is 18.4 Å². The number of benzene rings is 1. The molecule has 1 aromatic rings. The summed E-state index contributed by atoms with van der Waals surface area (Å²) < 4.78 is 5.73. The van der Waals surface area contributed by atoms with Gasteiger partial charge in [0.1, 0.15) is 5.75 Å². The van der Waals surface area contributed by atoms with Crippen molar-refractivity contribution < 1.29 is 9.53 Å². The van der Waals surface area contributed by atoms with Crippen LogP contribution in [0.25, 0.3) is 0 Å². The van der Waals surface area contributed by atoms with Gasteiger partial charge in [-0.05, 0) is 82.3 Å². The summed E-state index contributed by atoms with van der Waals surface area (Å²) in [6.07, 6.45) is 4.09. The summed E-state index contributed by atoms with van der Waals surface area (Å²) in [4.78, 5) is 15.0. The summed E-state index contributed by atoms with van der Waals surface area (Å²) >= 11 is 0. The van der Waals surface area contributed by atoms with Gasteiger partial charge in [-0.15, -0.1) is 0 Å². The van der Waals surface area contributed by atoms with Crippen LogP contribution in [0.4, 0.5) is 0 Å². The molecular weight excluding hydrogens is 348 g/mol. The molecule has 0 aliphatic carbocycles. The van der Waals surface area contributed by atoms with Gasteiger partial charge in [-0.25, -0.2) is 0 Å². The first-order chi connectivity index (χ1) is 13.4. The summed E-state index contributed by atoms with van der Waals surface area (Å²) in [5.41, 5.74) is 1.21. The number of carbonyl (C=O) groups is 1. The lowest BCUT2D eigenvalue weighted by atomic mass is 9.85. The quantitative estimate of drug-likeness (QED) is 0.442. The van der Waals surface area contributed by atoms with Gasteiger partial charge in [0.2, 0.25) is 5.91 Å². The van der Waals surface area contributed by atoms with E-state index in [4.69, 9.17) is 4.74 Å². The van der Waals surface area contributed by atoms with Gasteiger partial charge < -0.3 is 15.0 Å². The maximum atomic E-state index is 12.5. The van der Waals surface area contributed by atoms with Gasteiger partial charge in [0.25, 0.3) is 0 Å². The Morgan fingerprint density at radius 2 is 1.61 bits per heavy atom. The summed E-state index contributed by atoms with van der Waals surface area (Å²) in [7, 11) is 0. The van der Waals surface area contributed by atoms with Crippen LogP contribution in [0, 0.1) is 5.92 Å². The number of rotatable bonds is 14. The second kappa shape index (κ2) is 13.6. The van der Waals surface area contributed by atoms with Crippen LogP contribution in [0.15, 0.2) is 24.3 Å². The maximum absolute atomic E-state index is 12.5. The third-order valence-corrected chi connectivity index (χ3v) is 4.94. The molecule has 0 unspecified atom stereocenters. The molecule has 1 atom stereocenters. The molecule has 0 aliphatic heterocycles. The first kappa shape index (κ1) is 24.5. The Bertz CT molecular complexity index is 534. The van der Waals surface area contributed by atoms with Crippen molar-refractivity contribution in [3.8, 4) is 5.75 Å². The Morgan fingerprint density at radius 3 is 2.11 bits per heavy atom. The fraction of sp³-hybridized carbons (Fsp3) is 0.708. The highest BCUT2D eigenvalue weighted by atomic mass is 16.5. The lowest BCUT2D eigenvalue weighted by Crippen LogP contribution is -2.32. The number of hydrogen-bond donors (Lipinski definition) is 1. The molecule has 0 radical (unpaired) electrons. The van der Waals surface area contributed by atoms with E-state index < -0.39 is 0 Å². The Kier molecular flexibility index (Phi) is 11.9. The minimum atomic E-state index is 0.152. The van der Waals surface area contributed by atoms with Crippen molar-refractivity contribution in [3.63, 3.8) is 0 Å². The third-order valence-electron chi connectivity index (χ3n) is 4.94. The average molecular weight is 391 g/mol. The molecule has 0 spiro atoms. The second-order valence-electron chi connectivity index (χ2n) is 8.34. The van der Waals surface area contributed by atoms with Crippen molar-refractivity contribution in [1.82, 2.24) is 10.2 Å². The number of hydrogen-bond acceptors (Lipinski definition) is 3. The van der Waals surface area contributed by atoms with Gasteiger partial charge in [-0.2, -0.15) is 0 Å². The number of ether oxygens (including phenoxy) is 1. The van der Waals surface area contributed by atoms with Gasteiger partial charge in [0.15, 0.2) is 0 Å². The molecule has 160 valence electrons. The van der Waals surface area contributed by atoms with Gasteiger partial charge in [0, 0.05) is 13.0 Å². The van der Waals surface area contributed by atoms with Crippen LogP contribution >= 0.6 is 0 Å².